The molecule has 6 heteroatoms. The van der Waals surface area contributed by atoms with Crippen LogP contribution in [0.5, 0.6) is 5.75 Å². The van der Waals surface area contributed by atoms with Crippen LogP contribution in [0, 0.1) is 0 Å². The van der Waals surface area contributed by atoms with Gasteiger partial charge in [-0.3, -0.25) is 4.79 Å². The van der Waals surface area contributed by atoms with Crippen LogP contribution in [0.15, 0.2) is 66.9 Å². The lowest BCUT2D eigenvalue weighted by Crippen LogP contribution is -2.37. The molecule has 150 valence electrons. The zero-order valence-electron chi connectivity index (χ0n) is 16.5. The van der Waals surface area contributed by atoms with Crippen LogP contribution >= 0.6 is 0 Å². The van der Waals surface area contributed by atoms with Gasteiger partial charge in [-0.05, 0) is 48.7 Å². The smallest absolute Gasteiger partial charge is 0.274 e. The minimum Gasteiger partial charge on any atom is -0.497 e. The fourth-order valence-electron chi connectivity index (χ4n) is 3.57. The third kappa shape index (κ3) is 4.66. The van der Waals surface area contributed by atoms with Gasteiger partial charge in [0.05, 0.1) is 18.9 Å². The maximum atomic E-state index is 13.3. The number of carbonyl (C=O) groups is 1. The van der Waals surface area contributed by atoms with Gasteiger partial charge in [-0.15, -0.1) is 0 Å². The fraction of sp³-hybridized carbons (Fsp3) is 0.304. The number of hydrogen-bond acceptors (Lipinski definition) is 4. The van der Waals surface area contributed by atoms with Gasteiger partial charge in [-0.25, -0.2) is 4.68 Å². The molecule has 0 saturated carbocycles. The summed E-state index contributed by atoms with van der Waals surface area (Å²) in [5.74, 6) is 0.679. The SMILES string of the molecule is COc1cccc(CN(CC2CCCO2)C(=O)c2ccn(-c3ccccc3)n2)c1. The molecule has 1 unspecified atom stereocenters. The molecule has 2 heterocycles. The maximum absolute atomic E-state index is 13.3. The van der Waals surface area contributed by atoms with Crippen molar-refractivity contribution in [1.29, 1.82) is 0 Å². The standard InChI is InChI=1S/C23H25N3O3/c1-28-20-10-5-7-18(15-20)16-25(17-21-11-6-14-29-21)23(27)22-12-13-26(24-22)19-8-3-2-4-9-19/h2-5,7-10,12-13,15,21H,6,11,14,16-17H2,1H3. The van der Waals surface area contributed by atoms with E-state index in [2.05, 4.69) is 5.10 Å². The van der Waals surface area contributed by atoms with Gasteiger partial charge in [0.1, 0.15) is 5.75 Å². The molecular weight excluding hydrogens is 366 g/mol. The van der Waals surface area contributed by atoms with Crippen molar-refractivity contribution in [1.82, 2.24) is 14.7 Å². The summed E-state index contributed by atoms with van der Waals surface area (Å²) in [6, 6.07) is 19.3. The summed E-state index contributed by atoms with van der Waals surface area (Å²) >= 11 is 0. The first-order valence-corrected chi connectivity index (χ1v) is 9.88. The summed E-state index contributed by atoms with van der Waals surface area (Å²) in [4.78, 5) is 15.1. The highest BCUT2D eigenvalue weighted by Gasteiger charge is 2.25. The first kappa shape index (κ1) is 19.2. The minimum absolute atomic E-state index is 0.0702. The second-order valence-electron chi connectivity index (χ2n) is 7.15. The molecule has 2 aromatic carbocycles. The van der Waals surface area contributed by atoms with E-state index in [-0.39, 0.29) is 12.0 Å². The molecule has 0 bridgehead atoms. The zero-order chi connectivity index (χ0) is 20.1. The summed E-state index contributed by atoms with van der Waals surface area (Å²) < 4.78 is 12.8. The lowest BCUT2D eigenvalue weighted by molar-refractivity contribution is 0.0502. The highest BCUT2D eigenvalue weighted by Crippen LogP contribution is 2.19. The van der Waals surface area contributed by atoms with E-state index < -0.39 is 0 Å². The molecule has 1 atom stereocenters. The predicted octanol–water partition coefficient (Wildman–Crippen LogP) is 3.70. The quantitative estimate of drug-likeness (QED) is 0.616. The third-order valence-electron chi connectivity index (χ3n) is 5.07. The largest absolute Gasteiger partial charge is 0.497 e. The Morgan fingerprint density at radius 2 is 2.07 bits per heavy atom. The molecule has 3 aromatic rings. The zero-order valence-corrected chi connectivity index (χ0v) is 16.5. The number of ether oxygens (including phenoxy) is 2. The van der Waals surface area contributed by atoms with Crippen LogP contribution in [0.4, 0.5) is 0 Å². The van der Waals surface area contributed by atoms with Gasteiger partial charge in [-0.1, -0.05) is 30.3 Å². The summed E-state index contributed by atoms with van der Waals surface area (Å²) in [5, 5.41) is 4.51. The Bertz CT molecular complexity index is 949. The molecule has 1 saturated heterocycles. The molecular formula is C23H25N3O3. The van der Waals surface area contributed by atoms with Crippen LogP contribution in [0.3, 0.4) is 0 Å². The van der Waals surface area contributed by atoms with Gasteiger partial charge in [0.15, 0.2) is 5.69 Å². The van der Waals surface area contributed by atoms with Gasteiger partial charge < -0.3 is 14.4 Å². The predicted molar refractivity (Wildman–Crippen MR) is 110 cm³/mol. The Morgan fingerprint density at radius 1 is 1.21 bits per heavy atom. The van der Waals surface area contributed by atoms with Crippen LogP contribution in [0.1, 0.15) is 28.9 Å². The molecule has 0 aliphatic carbocycles. The Balaban J connectivity index is 1.56. The van der Waals surface area contributed by atoms with Crippen LogP contribution in [-0.2, 0) is 11.3 Å². The number of rotatable bonds is 7. The van der Waals surface area contributed by atoms with Gasteiger partial charge in [-0.2, -0.15) is 5.10 Å². The number of nitrogens with zero attached hydrogens (tertiary/aromatic N) is 3. The van der Waals surface area contributed by atoms with Crippen molar-refractivity contribution >= 4 is 5.91 Å². The molecule has 1 aliphatic heterocycles. The van der Waals surface area contributed by atoms with Crippen molar-refractivity contribution in [2.45, 2.75) is 25.5 Å². The minimum atomic E-state index is -0.0991. The maximum Gasteiger partial charge on any atom is 0.274 e. The van der Waals surface area contributed by atoms with Gasteiger partial charge in [0, 0.05) is 25.9 Å². The highest BCUT2D eigenvalue weighted by molar-refractivity contribution is 5.92. The second-order valence-corrected chi connectivity index (χ2v) is 7.15. The molecule has 4 rings (SSSR count). The lowest BCUT2D eigenvalue weighted by atomic mass is 10.1. The molecule has 0 radical (unpaired) electrons. The average Bonchev–Trinajstić information content (AvgIpc) is 3.46. The van der Waals surface area contributed by atoms with E-state index in [9.17, 15) is 4.79 Å². The molecule has 6 nitrogen and oxygen atoms in total. The summed E-state index contributed by atoms with van der Waals surface area (Å²) in [5.41, 5.74) is 2.36. The van der Waals surface area contributed by atoms with Crippen molar-refractivity contribution in [2.24, 2.45) is 0 Å². The fourth-order valence-corrected chi connectivity index (χ4v) is 3.57. The van der Waals surface area contributed by atoms with Crippen LogP contribution < -0.4 is 4.74 Å². The Morgan fingerprint density at radius 3 is 2.83 bits per heavy atom. The summed E-state index contributed by atoms with van der Waals surface area (Å²) in [6.07, 6.45) is 3.90. The van der Waals surface area contributed by atoms with Crippen LogP contribution in [0.2, 0.25) is 0 Å². The van der Waals surface area contributed by atoms with E-state index in [1.807, 2.05) is 65.7 Å². The Labute approximate surface area is 170 Å². The third-order valence-corrected chi connectivity index (χ3v) is 5.07. The molecule has 1 aromatic heterocycles. The van der Waals surface area contributed by atoms with E-state index in [4.69, 9.17) is 9.47 Å². The van der Waals surface area contributed by atoms with Crippen molar-refractivity contribution < 1.29 is 14.3 Å². The van der Waals surface area contributed by atoms with E-state index >= 15 is 0 Å². The molecule has 1 amide bonds. The average molecular weight is 391 g/mol. The van der Waals surface area contributed by atoms with Crippen molar-refractivity contribution in [2.75, 3.05) is 20.3 Å². The van der Waals surface area contributed by atoms with E-state index in [1.54, 1.807) is 17.9 Å². The number of para-hydroxylation sites is 1. The second kappa shape index (κ2) is 8.92. The number of carbonyl (C=O) groups excluding carboxylic acids is 1. The topological polar surface area (TPSA) is 56.6 Å². The monoisotopic (exact) mass is 391 g/mol. The van der Waals surface area contributed by atoms with Crippen LogP contribution in [-0.4, -0.2) is 47.0 Å². The van der Waals surface area contributed by atoms with Crippen molar-refractivity contribution in [3.8, 4) is 11.4 Å². The highest BCUT2D eigenvalue weighted by atomic mass is 16.5. The molecule has 1 fully saturated rings. The van der Waals surface area contributed by atoms with Gasteiger partial charge in [0.25, 0.3) is 5.91 Å². The lowest BCUT2D eigenvalue weighted by Gasteiger charge is -2.25. The van der Waals surface area contributed by atoms with Crippen molar-refractivity contribution in [3.63, 3.8) is 0 Å². The van der Waals surface area contributed by atoms with Gasteiger partial charge >= 0.3 is 0 Å². The Kier molecular flexibility index (Phi) is 5.91. The number of amides is 1. The number of methoxy groups -OCH3 is 1. The number of hydrogen-bond donors (Lipinski definition) is 0. The summed E-state index contributed by atoms with van der Waals surface area (Å²) in [6.45, 7) is 1.79. The summed E-state index contributed by atoms with van der Waals surface area (Å²) in [7, 11) is 1.64. The first-order chi connectivity index (χ1) is 14.2. The molecule has 0 N–H and O–H groups in total. The van der Waals surface area contributed by atoms with Crippen LogP contribution in [0.25, 0.3) is 5.69 Å². The number of aromatic nitrogens is 2. The number of benzene rings is 2. The molecule has 1 aliphatic rings. The first-order valence-electron chi connectivity index (χ1n) is 9.88. The normalized spacial score (nSPS) is 16.0. The van der Waals surface area contributed by atoms with Gasteiger partial charge in [0.2, 0.25) is 0 Å². The van der Waals surface area contributed by atoms with E-state index in [0.29, 0.717) is 18.8 Å². The van der Waals surface area contributed by atoms with Crippen molar-refractivity contribution in [3.05, 3.63) is 78.1 Å². The molecule has 29 heavy (non-hydrogen) atoms. The Hall–Kier alpha value is -3.12. The van der Waals surface area contributed by atoms with E-state index in [1.165, 1.54) is 0 Å². The van der Waals surface area contributed by atoms with E-state index in [0.717, 1.165) is 36.4 Å². The molecule has 0 spiro atoms.